The zero-order valence-corrected chi connectivity index (χ0v) is 28.7. The van der Waals surface area contributed by atoms with Crippen molar-refractivity contribution in [3.05, 3.63) is 151 Å². The van der Waals surface area contributed by atoms with Crippen molar-refractivity contribution < 1.29 is 13.3 Å². The molecule has 1 aliphatic carbocycles. The third kappa shape index (κ3) is 4.19. The van der Waals surface area contributed by atoms with Gasteiger partial charge in [-0.3, -0.25) is 0 Å². The first-order chi connectivity index (χ1) is 25.7. The maximum Gasteiger partial charge on any atom is 0.135 e. The normalized spacial score (nSPS) is 13.2. The van der Waals surface area contributed by atoms with E-state index in [2.05, 4.69) is 146 Å². The molecule has 4 heteroatoms. The summed E-state index contributed by atoms with van der Waals surface area (Å²) in [6.07, 6.45) is 6.44. The molecule has 0 atom stereocenters. The maximum absolute atomic E-state index is 6.35. The number of furan rings is 3. The van der Waals surface area contributed by atoms with Gasteiger partial charge in [-0.1, -0.05) is 66.7 Å². The average molecular weight is 685 g/mol. The van der Waals surface area contributed by atoms with Gasteiger partial charge in [0.25, 0.3) is 0 Å². The van der Waals surface area contributed by atoms with Crippen LogP contribution in [0.2, 0.25) is 0 Å². The molecular formula is C48H28O3S. The van der Waals surface area contributed by atoms with Crippen LogP contribution in [0.3, 0.4) is 0 Å². The van der Waals surface area contributed by atoms with Crippen LogP contribution >= 0.6 is 11.3 Å². The molecule has 0 saturated carbocycles. The Hall–Kier alpha value is -6.36. The lowest BCUT2D eigenvalue weighted by Gasteiger charge is -2.05. The minimum Gasteiger partial charge on any atom is -0.460 e. The van der Waals surface area contributed by atoms with Gasteiger partial charge < -0.3 is 13.3 Å². The van der Waals surface area contributed by atoms with E-state index in [-0.39, 0.29) is 0 Å². The predicted octanol–water partition coefficient (Wildman–Crippen LogP) is 14.6. The van der Waals surface area contributed by atoms with E-state index >= 15 is 0 Å². The summed E-state index contributed by atoms with van der Waals surface area (Å²) in [4.78, 5) is 0. The number of fused-ring (bicyclic) bond motifs is 12. The molecule has 0 N–H and O–H groups in total. The van der Waals surface area contributed by atoms with E-state index in [1.807, 2.05) is 11.3 Å². The van der Waals surface area contributed by atoms with E-state index in [1.165, 1.54) is 47.8 Å². The molecular weight excluding hydrogens is 657 g/mol. The van der Waals surface area contributed by atoms with Gasteiger partial charge in [-0.25, -0.2) is 0 Å². The number of rotatable bonds is 3. The van der Waals surface area contributed by atoms with Crippen LogP contribution in [0.15, 0.2) is 153 Å². The number of hydrogen-bond acceptors (Lipinski definition) is 4. The van der Waals surface area contributed by atoms with Crippen molar-refractivity contribution in [2.75, 3.05) is 0 Å². The average Bonchev–Trinajstić information content (AvgIpc) is 3.96. The molecule has 11 aromatic rings. The molecule has 244 valence electrons. The first-order valence-corrected chi connectivity index (χ1v) is 18.6. The lowest BCUT2D eigenvalue weighted by molar-refractivity contribution is 0.546. The van der Waals surface area contributed by atoms with Crippen molar-refractivity contribution in [2.45, 2.75) is 12.8 Å². The first kappa shape index (κ1) is 28.3. The second-order valence-corrected chi connectivity index (χ2v) is 15.0. The molecule has 0 saturated heterocycles. The highest BCUT2D eigenvalue weighted by Crippen LogP contribution is 2.41. The Balaban J connectivity index is 0.951. The van der Waals surface area contributed by atoms with E-state index in [4.69, 9.17) is 13.3 Å². The summed E-state index contributed by atoms with van der Waals surface area (Å²) in [5, 5.41) is 8.25. The Kier molecular flexibility index (Phi) is 5.77. The Labute approximate surface area is 301 Å². The molecule has 0 aliphatic heterocycles. The van der Waals surface area contributed by atoms with Crippen LogP contribution in [0.5, 0.6) is 0 Å². The Bertz CT molecular complexity index is 3310. The lowest BCUT2D eigenvalue weighted by atomic mass is 9.97. The predicted molar refractivity (Wildman–Crippen MR) is 217 cm³/mol. The van der Waals surface area contributed by atoms with Gasteiger partial charge in [-0.05, 0) is 119 Å². The standard InChI is InChI=1S/C48H28O3S/c1-3-7-41-33(5-1)35-21-27(9-15-42(35)49-41)28-10-16-43-36(22-28)37-23-29(11-17-44(37)50-43)30-12-18-45-38(24-30)39-25-31(13-19-46(39)51-45)32-14-20-48-40(26-32)34-6-2-4-8-47(34)52-48/h1-2,4-6,8-26H,3,7H2. The molecule has 0 radical (unpaired) electrons. The minimum atomic E-state index is 0.884. The van der Waals surface area contributed by atoms with Crippen LogP contribution in [0.1, 0.15) is 17.7 Å². The van der Waals surface area contributed by atoms with Crippen molar-refractivity contribution in [1.82, 2.24) is 0 Å². The highest BCUT2D eigenvalue weighted by Gasteiger charge is 2.17. The van der Waals surface area contributed by atoms with Gasteiger partial charge >= 0.3 is 0 Å². The van der Waals surface area contributed by atoms with Gasteiger partial charge in [0.1, 0.15) is 33.7 Å². The Morgan fingerprint density at radius 3 is 1.38 bits per heavy atom. The van der Waals surface area contributed by atoms with E-state index in [0.717, 1.165) is 84.8 Å². The molecule has 0 unspecified atom stereocenters. The highest BCUT2D eigenvalue weighted by molar-refractivity contribution is 7.25. The van der Waals surface area contributed by atoms with E-state index in [1.54, 1.807) is 0 Å². The van der Waals surface area contributed by atoms with Crippen molar-refractivity contribution in [3.8, 4) is 33.4 Å². The fraction of sp³-hybridized carbons (Fsp3) is 0.0417. The van der Waals surface area contributed by atoms with Crippen LogP contribution in [-0.2, 0) is 6.42 Å². The van der Waals surface area contributed by atoms with Crippen molar-refractivity contribution in [1.29, 1.82) is 0 Å². The molecule has 7 aromatic carbocycles. The third-order valence-corrected chi connectivity index (χ3v) is 12.1. The van der Waals surface area contributed by atoms with Gasteiger partial charge in [0, 0.05) is 59.1 Å². The molecule has 3 nitrogen and oxygen atoms in total. The van der Waals surface area contributed by atoms with Crippen molar-refractivity contribution >= 4 is 92.4 Å². The van der Waals surface area contributed by atoms with Crippen LogP contribution in [-0.4, -0.2) is 0 Å². The Morgan fingerprint density at radius 2 is 0.827 bits per heavy atom. The van der Waals surface area contributed by atoms with E-state index < -0.39 is 0 Å². The second kappa shape index (κ2) is 10.6. The summed E-state index contributed by atoms with van der Waals surface area (Å²) < 4.78 is 21.5. The third-order valence-electron chi connectivity index (χ3n) is 10.9. The van der Waals surface area contributed by atoms with Gasteiger partial charge in [0.05, 0.1) is 0 Å². The molecule has 0 bridgehead atoms. The van der Waals surface area contributed by atoms with Crippen molar-refractivity contribution in [2.24, 2.45) is 0 Å². The van der Waals surface area contributed by atoms with Crippen molar-refractivity contribution in [3.63, 3.8) is 0 Å². The molecule has 0 amide bonds. The smallest absolute Gasteiger partial charge is 0.135 e. The summed E-state index contributed by atoms with van der Waals surface area (Å²) >= 11 is 1.85. The van der Waals surface area contributed by atoms with Crippen LogP contribution in [0.4, 0.5) is 0 Å². The van der Waals surface area contributed by atoms with Gasteiger partial charge in [-0.2, -0.15) is 0 Å². The van der Waals surface area contributed by atoms with Crippen LogP contribution < -0.4 is 0 Å². The molecule has 4 aromatic heterocycles. The fourth-order valence-electron chi connectivity index (χ4n) is 8.31. The number of hydrogen-bond donors (Lipinski definition) is 0. The summed E-state index contributed by atoms with van der Waals surface area (Å²) in [5.41, 5.74) is 12.7. The van der Waals surface area contributed by atoms with Gasteiger partial charge in [-0.15, -0.1) is 11.3 Å². The topological polar surface area (TPSA) is 39.4 Å². The van der Waals surface area contributed by atoms with E-state index in [9.17, 15) is 0 Å². The number of thiophene rings is 1. The molecule has 1 aliphatic rings. The molecule has 4 heterocycles. The molecule has 52 heavy (non-hydrogen) atoms. The molecule has 12 rings (SSSR count). The van der Waals surface area contributed by atoms with Crippen LogP contribution in [0, 0.1) is 0 Å². The quantitative estimate of drug-likeness (QED) is 0.186. The first-order valence-electron chi connectivity index (χ1n) is 17.8. The Morgan fingerprint density at radius 1 is 0.385 bits per heavy atom. The second-order valence-electron chi connectivity index (χ2n) is 13.9. The molecule has 0 fully saturated rings. The number of aryl methyl sites for hydroxylation is 1. The zero-order chi connectivity index (χ0) is 33.9. The number of allylic oxidation sites excluding steroid dienone is 1. The van der Waals surface area contributed by atoms with Crippen LogP contribution in [0.25, 0.3) is 114 Å². The maximum atomic E-state index is 6.35. The summed E-state index contributed by atoms with van der Waals surface area (Å²) in [5.74, 6) is 1.09. The zero-order valence-electron chi connectivity index (χ0n) is 27.9. The summed E-state index contributed by atoms with van der Waals surface area (Å²) in [6.45, 7) is 0. The SMILES string of the molecule is C1=Cc2c(oc3ccc(-c4ccc5oc6ccc(-c7ccc8oc9ccc(-c%10ccc%11sc%12ccccc%12c%11c%10)cc9c8c7)cc6c5c4)cc23)CC1. The van der Waals surface area contributed by atoms with Gasteiger partial charge in [0.2, 0.25) is 0 Å². The van der Waals surface area contributed by atoms with Gasteiger partial charge in [0.15, 0.2) is 0 Å². The summed E-state index contributed by atoms with van der Waals surface area (Å²) in [7, 11) is 0. The van der Waals surface area contributed by atoms with E-state index in [0.29, 0.717) is 0 Å². The monoisotopic (exact) mass is 684 g/mol. The molecule has 0 spiro atoms. The number of benzene rings is 7. The highest BCUT2D eigenvalue weighted by atomic mass is 32.1. The minimum absolute atomic E-state index is 0.884. The largest absolute Gasteiger partial charge is 0.460 e. The summed E-state index contributed by atoms with van der Waals surface area (Å²) in [6, 6.07) is 48.1. The fourth-order valence-corrected chi connectivity index (χ4v) is 9.40. The lowest BCUT2D eigenvalue weighted by Crippen LogP contribution is -1.88.